The molecule has 0 radical (unpaired) electrons. The molecule has 0 aromatic carbocycles. The van der Waals surface area contributed by atoms with Crippen molar-refractivity contribution in [1.82, 2.24) is 0 Å². The lowest BCUT2D eigenvalue weighted by atomic mass is 10.2. The van der Waals surface area contributed by atoms with Gasteiger partial charge in [-0.05, 0) is 19.8 Å². The van der Waals surface area contributed by atoms with Gasteiger partial charge in [-0.1, -0.05) is 0 Å². The summed E-state index contributed by atoms with van der Waals surface area (Å²) in [5, 5.41) is 0. The molecule has 0 aliphatic rings. The van der Waals surface area contributed by atoms with Gasteiger partial charge in [0.05, 0.1) is 10.1 Å². The van der Waals surface area contributed by atoms with Crippen molar-refractivity contribution in [1.29, 1.82) is 0 Å². The molecular weight excluding hydrogens is 168 g/mol. The van der Waals surface area contributed by atoms with Gasteiger partial charge in [0.15, 0.2) is 0 Å². The van der Waals surface area contributed by atoms with Gasteiger partial charge in [-0.25, -0.2) is 8.42 Å². The molecule has 0 heterocycles. The van der Waals surface area contributed by atoms with Crippen molar-refractivity contribution < 1.29 is 17.8 Å². The maximum absolute atomic E-state index is 10.3. The van der Waals surface area contributed by atoms with Crippen molar-refractivity contribution in [3.63, 3.8) is 0 Å². The van der Waals surface area contributed by atoms with Gasteiger partial charge < -0.3 is 9.35 Å². The predicted octanol–water partition coefficient (Wildman–Crippen LogP) is 0.291. The fourth-order valence-corrected chi connectivity index (χ4v) is 1.21. The third-order valence-corrected chi connectivity index (χ3v) is 1.96. The molecule has 0 N–H and O–H groups in total. The first kappa shape index (κ1) is 10.6. The average Bonchev–Trinajstić information content (AvgIpc) is 1.78. The van der Waals surface area contributed by atoms with Gasteiger partial charge in [-0.3, -0.25) is 0 Å². The predicted molar refractivity (Wildman–Crippen MR) is 39.1 cm³/mol. The van der Waals surface area contributed by atoms with Crippen LogP contribution < -0.4 is 0 Å². The van der Waals surface area contributed by atoms with E-state index in [2.05, 4.69) is 0 Å². The molecule has 0 aliphatic carbocycles. The van der Waals surface area contributed by atoms with E-state index in [0.717, 1.165) is 0 Å². The summed E-state index contributed by atoms with van der Waals surface area (Å²) in [5.41, 5.74) is 0. The van der Waals surface area contributed by atoms with Gasteiger partial charge in [0.2, 0.25) is 0 Å². The van der Waals surface area contributed by atoms with Crippen LogP contribution in [0.4, 0.5) is 0 Å². The number of rotatable bonds is 5. The first-order valence-corrected chi connectivity index (χ1v) is 4.92. The Labute approximate surface area is 66.4 Å². The van der Waals surface area contributed by atoms with Crippen LogP contribution in [0.2, 0.25) is 0 Å². The molecule has 0 unspecified atom stereocenters. The number of hydrogen-bond donors (Lipinski definition) is 0. The molecule has 0 rings (SSSR count). The molecule has 0 amide bonds. The number of hydrogen-bond acceptors (Lipinski definition) is 4. The van der Waals surface area contributed by atoms with Crippen molar-refractivity contribution in [3.8, 4) is 0 Å². The fourth-order valence-electron chi connectivity index (χ4n) is 0.653. The third-order valence-electron chi connectivity index (χ3n) is 1.17. The molecule has 0 aromatic rings. The fraction of sp³-hybridized carbons (Fsp3) is 0.833. The second-order valence-electron chi connectivity index (χ2n) is 2.42. The number of carbonyl (C=O) groups is 1. The van der Waals surface area contributed by atoms with Gasteiger partial charge >= 0.3 is 0 Å². The highest BCUT2D eigenvalue weighted by Crippen LogP contribution is 1.98. The van der Waals surface area contributed by atoms with Crippen LogP contribution in [0.15, 0.2) is 0 Å². The molecule has 0 atom stereocenters. The summed E-state index contributed by atoms with van der Waals surface area (Å²) in [6.45, 7) is 1.44. The van der Waals surface area contributed by atoms with E-state index in [1.165, 1.54) is 6.92 Å². The van der Waals surface area contributed by atoms with E-state index in [1.807, 2.05) is 0 Å². The van der Waals surface area contributed by atoms with Gasteiger partial charge in [0.1, 0.15) is 5.78 Å². The number of unbranched alkanes of at least 4 members (excludes halogenated alkanes) is 1. The highest BCUT2D eigenvalue weighted by molar-refractivity contribution is 7.85. The summed E-state index contributed by atoms with van der Waals surface area (Å²) >= 11 is 0. The Bertz CT molecular complexity index is 217. The Kier molecular flexibility index (Phi) is 4.29. The lowest BCUT2D eigenvalue weighted by molar-refractivity contribution is -0.117. The molecule has 0 saturated carbocycles. The molecular formula is C6H11O4S-. The van der Waals surface area contributed by atoms with E-state index in [9.17, 15) is 17.8 Å². The van der Waals surface area contributed by atoms with Crippen LogP contribution in [0.1, 0.15) is 26.2 Å². The molecule has 0 aliphatic heterocycles. The molecule has 0 fully saturated rings. The zero-order valence-electron chi connectivity index (χ0n) is 6.37. The van der Waals surface area contributed by atoms with E-state index in [-0.39, 0.29) is 18.0 Å². The molecule has 0 aromatic heterocycles. The Morgan fingerprint density at radius 2 is 1.91 bits per heavy atom. The van der Waals surface area contributed by atoms with Crippen LogP contribution in [0.5, 0.6) is 0 Å². The lowest BCUT2D eigenvalue weighted by Crippen LogP contribution is -2.04. The molecule has 66 valence electrons. The van der Waals surface area contributed by atoms with Crippen LogP contribution in [-0.2, 0) is 14.9 Å². The normalized spacial score (nSPS) is 11.5. The van der Waals surface area contributed by atoms with Crippen LogP contribution in [-0.4, -0.2) is 24.5 Å². The van der Waals surface area contributed by atoms with Crippen molar-refractivity contribution in [2.45, 2.75) is 26.2 Å². The van der Waals surface area contributed by atoms with Crippen molar-refractivity contribution in [2.75, 3.05) is 5.75 Å². The smallest absolute Gasteiger partial charge is 0.129 e. The molecule has 5 heteroatoms. The SMILES string of the molecule is CC(=O)CCCCS(=O)(=O)[O-]. The lowest BCUT2D eigenvalue weighted by Gasteiger charge is -2.04. The molecule has 0 saturated heterocycles. The summed E-state index contributed by atoms with van der Waals surface area (Å²) in [5.74, 6) is -0.339. The second kappa shape index (κ2) is 4.46. The Balaban J connectivity index is 3.37. The highest BCUT2D eigenvalue weighted by Gasteiger charge is 1.96. The van der Waals surface area contributed by atoms with Crippen LogP contribution in [0, 0.1) is 0 Å². The van der Waals surface area contributed by atoms with E-state index in [1.54, 1.807) is 0 Å². The molecule has 0 spiro atoms. The average molecular weight is 179 g/mol. The quantitative estimate of drug-likeness (QED) is 0.449. The largest absolute Gasteiger partial charge is 0.748 e. The summed E-state index contributed by atoms with van der Waals surface area (Å²) < 4.78 is 30.1. The maximum Gasteiger partial charge on any atom is 0.129 e. The molecule has 11 heavy (non-hydrogen) atoms. The highest BCUT2D eigenvalue weighted by atomic mass is 32.2. The topological polar surface area (TPSA) is 74.3 Å². The summed E-state index contributed by atoms with van der Waals surface area (Å²) in [6, 6.07) is 0. The number of Topliss-reactive ketones (excluding diaryl/α,β-unsaturated/α-hetero) is 1. The Hall–Kier alpha value is -0.420. The van der Waals surface area contributed by atoms with Crippen LogP contribution >= 0.6 is 0 Å². The van der Waals surface area contributed by atoms with Crippen molar-refractivity contribution >= 4 is 15.9 Å². The Morgan fingerprint density at radius 1 is 1.36 bits per heavy atom. The summed E-state index contributed by atoms with van der Waals surface area (Å²) in [7, 11) is -4.08. The zero-order valence-corrected chi connectivity index (χ0v) is 7.19. The maximum atomic E-state index is 10.3. The van der Waals surface area contributed by atoms with Gasteiger partial charge in [-0.2, -0.15) is 0 Å². The minimum atomic E-state index is -4.08. The Morgan fingerprint density at radius 3 is 2.27 bits per heavy atom. The van der Waals surface area contributed by atoms with E-state index >= 15 is 0 Å². The first-order chi connectivity index (χ1) is 4.92. The van der Waals surface area contributed by atoms with E-state index in [4.69, 9.17) is 0 Å². The van der Waals surface area contributed by atoms with Gasteiger partial charge in [0, 0.05) is 12.2 Å². The van der Waals surface area contributed by atoms with Gasteiger partial charge in [-0.15, -0.1) is 0 Å². The molecule has 0 bridgehead atoms. The standard InChI is InChI=1S/C6H12O4S/c1-6(7)4-2-3-5-11(8,9)10/h2-5H2,1H3,(H,8,9,10)/p-1. The zero-order chi connectivity index (χ0) is 8.91. The minimum Gasteiger partial charge on any atom is -0.748 e. The van der Waals surface area contributed by atoms with Crippen molar-refractivity contribution in [2.24, 2.45) is 0 Å². The number of ketones is 1. The first-order valence-electron chi connectivity index (χ1n) is 3.35. The molecule has 4 nitrogen and oxygen atoms in total. The van der Waals surface area contributed by atoms with E-state index < -0.39 is 10.1 Å². The van der Waals surface area contributed by atoms with E-state index in [0.29, 0.717) is 12.8 Å². The third kappa shape index (κ3) is 9.58. The second-order valence-corrected chi connectivity index (χ2v) is 3.94. The minimum absolute atomic E-state index is 0.0216. The van der Waals surface area contributed by atoms with Crippen LogP contribution in [0.3, 0.4) is 0 Å². The summed E-state index contributed by atoms with van der Waals surface area (Å²) in [6.07, 6.45) is 1.12. The van der Waals surface area contributed by atoms with Gasteiger partial charge in [0.25, 0.3) is 0 Å². The monoisotopic (exact) mass is 179 g/mol. The summed E-state index contributed by atoms with van der Waals surface area (Å²) in [4.78, 5) is 10.3. The van der Waals surface area contributed by atoms with Crippen molar-refractivity contribution in [3.05, 3.63) is 0 Å². The number of carbonyl (C=O) groups excluding carboxylic acids is 1. The van der Waals surface area contributed by atoms with Crippen LogP contribution in [0.25, 0.3) is 0 Å².